The highest BCUT2D eigenvalue weighted by Crippen LogP contribution is 2.26. The summed E-state index contributed by atoms with van der Waals surface area (Å²) in [6.45, 7) is 0.144. The van der Waals surface area contributed by atoms with Gasteiger partial charge in [0.1, 0.15) is 17.4 Å². The van der Waals surface area contributed by atoms with Crippen molar-refractivity contribution in [3.63, 3.8) is 0 Å². The Balaban J connectivity index is 1.42. The number of hydrogen-bond acceptors (Lipinski definition) is 5. The van der Waals surface area contributed by atoms with Crippen LogP contribution in [-0.2, 0) is 17.8 Å². The first-order valence-corrected chi connectivity index (χ1v) is 10.5. The Morgan fingerprint density at radius 3 is 2.43 bits per heavy atom. The fourth-order valence-electron chi connectivity index (χ4n) is 3.15. The van der Waals surface area contributed by atoms with Crippen molar-refractivity contribution in [2.45, 2.75) is 13.0 Å². The topological polar surface area (TPSA) is 48.4 Å². The Hall–Kier alpha value is -3.44. The number of nitrogens with zero attached hydrogens (tertiary/aromatic N) is 1. The molecule has 30 heavy (non-hydrogen) atoms. The first-order valence-electron chi connectivity index (χ1n) is 9.61. The van der Waals surface area contributed by atoms with Crippen molar-refractivity contribution in [3.8, 4) is 16.3 Å². The average Bonchev–Trinajstić information content (AvgIpc) is 3.28. The fourth-order valence-corrected chi connectivity index (χ4v) is 3.96. The summed E-state index contributed by atoms with van der Waals surface area (Å²) in [4.78, 5) is 17.3. The predicted octanol–water partition coefficient (Wildman–Crippen LogP) is 5.77. The molecule has 0 N–H and O–H groups in total. The molecule has 0 aliphatic heterocycles. The van der Waals surface area contributed by atoms with Gasteiger partial charge in [0.15, 0.2) is 0 Å². The van der Waals surface area contributed by atoms with Gasteiger partial charge in [-0.3, -0.25) is 0 Å². The van der Waals surface area contributed by atoms with Crippen LogP contribution in [0.2, 0.25) is 0 Å². The third-order valence-corrected chi connectivity index (χ3v) is 5.65. The minimum atomic E-state index is -0.333. The lowest BCUT2D eigenvalue weighted by molar-refractivity contribution is 0.0467. The maximum atomic E-state index is 12.7. The van der Waals surface area contributed by atoms with E-state index in [-0.39, 0.29) is 12.6 Å². The molecule has 0 aliphatic rings. The first-order chi connectivity index (χ1) is 14.7. The van der Waals surface area contributed by atoms with Crippen LogP contribution in [-0.4, -0.2) is 18.1 Å². The van der Waals surface area contributed by atoms with E-state index in [9.17, 15) is 4.79 Å². The Labute approximate surface area is 179 Å². The number of aromatic nitrogens is 1. The van der Waals surface area contributed by atoms with E-state index in [2.05, 4.69) is 17.1 Å². The smallest absolute Gasteiger partial charge is 0.338 e. The van der Waals surface area contributed by atoms with E-state index in [1.165, 1.54) is 11.3 Å². The van der Waals surface area contributed by atoms with Gasteiger partial charge in [0.05, 0.1) is 18.4 Å². The van der Waals surface area contributed by atoms with Gasteiger partial charge in [-0.05, 0) is 47.9 Å². The molecule has 0 atom stereocenters. The normalized spacial score (nSPS) is 10.6. The largest absolute Gasteiger partial charge is 0.497 e. The van der Waals surface area contributed by atoms with Crippen LogP contribution in [0.1, 0.15) is 27.2 Å². The number of carbonyl (C=O) groups is 1. The molecule has 4 aromatic rings. The molecular weight excluding hydrogens is 394 g/mol. The summed E-state index contributed by atoms with van der Waals surface area (Å²) in [6.07, 6.45) is 0.685. The zero-order valence-corrected chi connectivity index (χ0v) is 17.4. The first kappa shape index (κ1) is 19.9. The zero-order chi connectivity index (χ0) is 20.8. The molecule has 0 saturated heterocycles. The van der Waals surface area contributed by atoms with Crippen molar-refractivity contribution in [2.75, 3.05) is 7.11 Å². The van der Waals surface area contributed by atoms with Crippen LogP contribution < -0.4 is 4.74 Å². The Morgan fingerprint density at radius 1 is 0.933 bits per heavy atom. The quantitative estimate of drug-likeness (QED) is 0.360. The Bertz CT molecular complexity index is 1120. The van der Waals surface area contributed by atoms with Crippen LogP contribution >= 0.6 is 11.3 Å². The zero-order valence-electron chi connectivity index (χ0n) is 16.6. The van der Waals surface area contributed by atoms with Gasteiger partial charge in [-0.25, -0.2) is 9.78 Å². The molecule has 0 unspecified atom stereocenters. The van der Waals surface area contributed by atoms with Crippen molar-refractivity contribution >= 4 is 17.3 Å². The highest BCUT2D eigenvalue weighted by atomic mass is 32.1. The van der Waals surface area contributed by atoms with Crippen molar-refractivity contribution in [1.82, 2.24) is 4.98 Å². The molecule has 0 bridgehead atoms. The summed E-state index contributed by atoms with van der Waals surface area (Å²) in [5.41, 5.74) is 4.44. The van der Waals surface area contributed by atoms with Crippen LogP contribution in [0, 0.1) is 0 Å². The van der Waals surface area contributed by atoms with Gasteiger partial charge in [0.2, 0.25) is 0 Å². The SMILES string of the molecule is COc1ccc(-c2nc(COC(=O)c3ccccc3Cc3ccccc3)cs2)cc1. The van der Waals surface area contributed by atoms with Gasteiger partial charge in [0.25, 0.3) is 0 Å². The van der Waals surface area contributed by atoms with Crippen LogP contribution in [0.4, 0.5) is 0 Å². The van der Waals surface area contributed by atoms with Gasteiger partial charge in [-0.1, -0.05) is 48.5 Å². The summed E-state index contributed by atoms with van der Waals surface area (Å²) in [5.74, 6) is 0.471. The van der Waals surface area contributed by atoms with Gasteiger partial charge >= 0.3 is 5.97 Å². The minimum absolute atomic E-state index is 0.144. The lowest BCUT2D eigenvalue weighted by Crippen LogP contribution is -2.09. The molecule has 3 aromatic carbocycles. The molecule has 1 heterocycles. The number of benzene rings is 3. The van der Waals surface area contributed by atoms with Gasteiger partial charge in [0, 0.05) is 10.9 Å². The highest BCUT2D eigenvalue weighted by molar-refractivity contribution is 7.13. The maximum Gasteiger partial charge on any atom is 0.338 e. The molecule has 4 nitrogen and oxygen atoms in total. The van der Waals surface area contributed by atoms with Gasteiger partial charge < -0.3 is 9.47 Å². The molecule has 0 spiro atoms. The van der Waals surface area contributed by atoms with Crippen molar-refractivity contribution in [2.24, 2.45) is 0 Å². The van der Waals surface area contributed by atoms with E-state index in [1.807, 2.05) is 72.1 Å². The summed E-state index contributed by atoms with van der Waals surface area (Å²) in [7, 11) is 1.64. The lowest BCUT2D eigenvalue weighted by Gasteiger charge is -2.09. The van der Waals surface area contributed by atoms with Gasteiger partial charge in [-0.15, -0.1) is 11.3 Å². The van der Waals surface area contributed by atoms with Crippen molar-refractivity contribution < 1.29 is 14.3 Å². The van der Waals surface area contributed by atoms with E-state index in [0.29, 0.717) is 12.0 Å². The fraction of sp³-hybridized carbons (Fsp3) is 0.120. The van der Waals surface area contributed by atoms with E-state index in [0.717, 1.165) is 33.1 Å². The molecule has 5 heteroatoms. The Morgan fingerprint density at radius 2 is 1.67 bits per heavy atom. The van der Waals surface area contributed by atoms with Gasteiger partial charge in [-0.2, -0.15) is 0 Å². The summed E-state index contributed by atoms with van der Waals surface area (Å²) in [6, 6.07) is 25.4. The molecule has 4 rings (SSSR count). The molecule has 0 fully saturated rings. The lowest BCUT2D eigenvalue weighted by atomic mass is 10.00. The number of carbonyl (C=O) groups excluding carboxylic acids is 1. The van der Waals surface area contributed by atoms with Crippen molar-refractivity contribution in [3.05, 3.63) is 107 Å². The molecule has 0 radical (unpaired) electrons. The van der Waals surface area contributed by atoms with Crippen molar-refractivity contribution in [1.29, 1.82) is 0 Å². The highest BCUT2D eigenvalue weighted by Gasteiger charge is 2.14. The number of rotatable bonds is 7. The molecule has 150 valence electrons. The second kappa shape index (κ2) is 9.37. The van der Waals surface area contributed by atoms with E-state index >= 15 is 0 Å². The molecule has 0 aliphatic carbocycles. The second-order valence-corrected chi connectivity index (χ2v) is 7.63. The van der Waals surface area contributed by atoms with Crippen LogP contribution in [0.15, 0.2) is 84.2 Å². The molecule has 0 saturated carbocycles. The van der Waals surface area contributed by atoms with E-state index in [4.69, 9.17) is 9.47 Å². The molecule has 0 amide bonds. The summed E-state index contributed by atoms with van der Waals surface area (Å²) >= 11 is 1.53. The number of ether oxygens (including phenoxy) is 2. The third kappa shape index (κ3) is 4.75. The standard InChI is InChI=1S/C25H21NO3S/c1-28-22-13-11-19(12-14-22)24-26-21(17-30-24)16-29-25(27)23-10-6-5-9-20(23)15-18-7-3-2-4-8-18/h2-14,17H,15-16H2,1H3. The van der Waals surface area contributed by atoms with Crippen LogP contribution in [0.25, 0.3) is 10.6 Å². The number of esters is 1. The summed E-state index contributed by atoms with van der Waals surface area (Å²) in [5, 5.41) is 2.80. The third-order valence-electron chi connectivity index (χ3n) is 4.71. The minimum Gasteiger partial charge on any atom is -0.497 e. The number of thiazole rings is 1. The Kier molecular flexibility index (Phi) is 6.20. The monoisotopic (exact) mass is 415 g/mol. The van der Waals surface area contributed by atoms with Crippen LogP contribution in [0.3, 0.4) is 0 Å². The summed E-state index contributed by atoms with van der Waals surface area (Å²) < 4.78 is 10.8. The number of hydrogen-bond donors (Lipinski definition) is 0. The second-order valence-electron chi connectivity index (χ2n) is 6.77. The average molecular weight is 416 g/mol. The number of methoxy groups -OCH3 is 1. The predicted molar refractivity (Wildman–Crippen MR) is 119 cm³/mol. The van der Waals surface area contributed by atoms with E-state index in [1.54, 1.807) is 7.11 Å². The van der Waals surface area contributed by atoms with E-state index < -0.39 is 0 Å². The maximum absolute atomic E-state index is 12.7. The van der Waals surface area contributed by atoms with Crippen LogP contribution in [0.5, 0.6) is 5.75 Å². The molecular formula is C25H21NO3S. The molecule has 1 aromatic heterocycles.